The Morgan fingerprint density at radius 1 is 1.26 bits per heavy atom. The molecule has 168 valence electrons. The average molecular weight is 451 g/mol. The van der Waals surface area contributed by atoms with E-state index in [9.17, 15) is 9.18 Å². The molecular weight excluding hydrogens is 423 g/mol. The van der Waals surface area contributed by atoms with Crippen LogP contribution < -0.4 is 9.47 Å². The molecule has 0 spiro atoms. The number of benzene rings is 1. The summed E-state index contributed by atoms with van der Waals surface area (Å²) in [5.74, 6) is 0.168. The SMILES string of the molecule is Cc1ccc(OC[C@H]2CCCN(C(=O)OC(C)(C)C)C2)c(Oc2ccc(Cl)cc2F)n1. The monoisotopic (exact) mass is 450 g/mol. The van der Waals surface area contributed by atoms with Gasteiger partial charge < -0.3 is 19.1 Å². The van der Waals surface area contributed by atoms with Crippen molar-refractivity contribution in [3.05, 3.63) is 46.9 Å². The summed E-state index contributed by atoms with van der Waals surface area (Å²) >= 11 is 5.81. The molecule has 1 aliphatic rings. The normalized spacial score (nSPS) is 16.7. The second-order valence-corrected chi connectivity index (χ2v) is 9.11. The van der Waals surface area contributed by atoms with Crippen molar-refractivity contribution in [2.45, 2.75) is 46.1 Å². The highest BCUT2D eigenvalue weighted by molar-refractivity contribution is 6.30. The summed E-state index contributed by atoms with van der Waals surface area (Å²) in [6.07, 6.45) is 1.50. The maximum absolute atomic E-state index is 14.2. The van der Waals surface area contributed by atoms with E-state index < -0.39 is 11.4 Å². The minimum atomic E-state index is -0.581. The third-order valence-corrected chi connectivity index (χ3v) is 4.95. The molecule has 8 heteroatoms. The lowest BCUT2D eigenvalue weighted by atomic mass is 9.99. The molecule has 0 radical (unpaired) electrons. The molecule has 1 amide bonds. The quantitative estimate of drug-likeness (QED) is 0.559. The zero-order chi connectivity index (χ0) is 22.6. The van der Waals surface area contributed by atoms with Gasteiger partial charge in [-0.1, -0.05) is 11.6 Å². The maximum Gasteiger partial charge on any atom is 0.410 e. The number of nitrogens with zero attached hydrogens (tertiary/aromatic N) is 2. The van der Waals surface area contributed by atoms with Crippen LogP contribution in [0.3, 0.4) is 0 Å². The lowest BCUT2D eigenvalue weighted by Gasteiger charge is -2.34. The summed E-state index contributed by atoms with van der Waals surface area (Å²) in [6, 6.07) is 7.73. The molecule has 0 unspecified atom stereocenters. The van der Waals surface area contributed by atoms with Crippen molar-refractivity contribution >= 4 is 17.7 Å². The Labute approximate surface area is 187 Å². The fourth-order valence-corrected chi connectivity index (χ4v) is 3.43. The van der Waals surface area contributed by atoms with E-state index in [1.54, 1.807) is 23.1 Å². The first kappa shape index (κ1) is 23.1. The van der Waals surface area contributed by atoms with Crippen molar-refractivity contribution in [2.75, 3.05) is 19.7 Å². The molecule has 1 aliphatic heterocycles. The van der Waals surface area contributed by atoms with Crippen LogP contribution in [0.15, 0.2) is 30.3 Å². The van der Waals surface area contributed by atoms with Crippen molar-refractivity contribution < 1.29 is 23.4 Å². The number of ether oxygens (including phenoxy) is 3. The van der Waals surface area contributed by atoms with E-state index in [0.717, 1.165) is 12.8 Å². The number of likely N-dealkylation sites (tertiary alicyclic amines) is 1. The highest BCUT2D eigenvalue weighted by atomic mass is 35.5. The molecule has 3 rings (SSSR count). The van der Waals surface area contributed by atoms with Gasteiger partial charge in [0.05, 0.1) is 6.61 Å². The lowest BCUT2D eigenvalue weighted by molar-refractivity contribution is 0.0138. The van der Waals surface area contributed by atoms with E-state index in [0.29, 0.717) is 31.1 Å². The van der Waals surface area contributed by atoms with Crippen LogP contribution in [0.1, 0.15) is 39.3 Å². The minimum Gasteiger partial charge on any atom is -0.488 e. The number of aryl methyl sites for hydroxylation is 1. The first-order valence-corrected chi connectivity index (χ1v) is 10.7. The van der Waals surface area contributed by atoms with Gasteiger partial charge in [-0.05, 0) is 70.9 Å². The Hall–Kier alpha value is -2.54. The van der Waals surface area contributed by atoms with Gasteiger partial charge >= 0.3 is 6.09 Å². The van der Waals surface area contributed by atoms with E-state index in [1.165, 1.54) is 12.1 Å². The molecule has 0 N–H and O–H groups in total. The molecule has 2 heterocycles. The zero-order valence-corrected chi connectivity index (χ0v) is 19.0. The van der Waals surface area contributed by atoms with Crippen LogP contribution in [-0.4, -0.2) is 41.3 Å². The van der Waals surface area contributed by atoms with Gasteiger partial charge in [0, 0.05) is 29.7 Å². The third kappa shape index (κ3) is 6.72. The van der Waals surface area contributed by atoms with Crippen molar-refractivity contribution in [3.63, 3.8) is 0 Å². The number of halogens is 2. The second kappa shape index (κ2) is 9.73. The number of hydrogen-bond acceptors (Lipinski definition) is 5. The van der Waals surface area contributed by atoms with Crippen LogP contribution in [0.4, 0.5) is 9.18 Å². The summed E-state index contributed by atoms with van der Waals surface area (Å²) in [4.78, 5) is 18.4. The van der Waals surface area contributed by atoms with Crippen molar-refractivity contribution in [2.24, 2.45) is 5.92 Å². The van der Waals surface area contributed by atoms with E-state index in [4.69, 9.17) is 25.8 Å². The number of carbonyl (C=O) groups excluding carboxylic acids is 1. The summed E-state index contributed by atoms with van der Waals surface area (Å²) < 4.78 is 31.3. The molecule has 6 nitrogen and oxygen atoms in total. The van der Waals surface area contributed by atoms with Crippen LogP contribution in [-0.2, 0) is 4.74 Å². The standard InChI is InChI=1S/C23H28ClFN2O4/c1-15-7-9-20(21(26-15)30-19-10-8-17(24)12-18(19)25)29-14-16-6-5-11-27(13-16)22(28)31-23(2,3)4/h7-10,12,16H,5-6,11,13-14H2,1-4H3/t16-/m0/s1. The maximum atomic E-state index is 14.2. The van der Waals surface area contributed by atoms with Gasteiger partial charge in [-0.25, -0.2) is 14.2 Å². The predicted molar refractivity (Wildman–Crippen MR) is 116 cm³/mol. The smallest absolute Gasteiger partial charge is 0.410 e. The molecule has 1 fully saturated rings. The van der Waals surface area contributed by atoms with Crippen molar-refractivity contribution in [1.29, 1.82) is 0 Å². The molecule has 1 aromatic carbocycles. The predicted octanol–water partition coefficient (Wildman–Crippen LogP) is 6.00. The largest absolute Gasteiger partial charge is 0.488 e. The number of pyridine rings is 1. The summed E-state index contributed by atoms with van der Waals surface area (Å²) in [5.41, 5.74) is 0.183. The minimum absolute atomic E-state index is 0.0149. The third-order valence-electron chi connectivity index (χ3n) is 4.71. The summed E-state index contributed by atoms with van der Waals surface area (Å²) in [6.45, 7) is 8.97. The first-order chi connectivity index (χ1) is 14.6. The second-order valence-electron chi connectivity index (χ2n) is 8.68. The van der Waals surface area contributed by atoms with Gasteiger partial charge in [0.25, 0.3) is 5.88 Å². The molecule has 0 bridgehead atoms. The van der Waals surface area contributed by atoms with Crippen LogP contribution in [0.25, 0.3) is 0 Å². The fraction of sp³-hybridized carbons (Fsp3) is 0.478. The summed E-state index contributed by atoms with van der Waals surface area (Å²) in [7, 11) is 0. The van der Waals surface area contributed by atoms with Gasteiger partial charge in [0.15, 0.2) is 17.3 Å². The highest BCUT2D eigenvalue weighted by Gasteiger charge is 2.28. The molecule has 1 atom stereocenters. The zero-order valence-electron chi connectivity index (χ0n) is 18.3. The summed E-state index contributed by atoms with van der Waals surface area (Å²) in [5, 5.41) is 0.283. The molecule has 0 aliphatic carbocycles. The number of carbonyl (C=O) groups is 1. The molecule has 0 saturated carbocycles. The van der Waals surface area contributed by atoms with Crippen molar-refractivity contribution in [1.82, 2.24) is 9.88 Å². The van der Waals surface area contributed by atoms with Crippen molar-refractivity contribution in [3.8, 4) is 17.4 Å². The number of piperidine rings is 1. The molecule has 1 saturated heterocycles. The van der Waals surface area contributed by atoms with Gasteiger partial charge in [-0.15, -0.1) is 0 Å². The average Bonchev–Trinajstić information content (AvgIpc) is 2.68. The van der Waals surface area contributed by atoms with Gasteiger partial charge in [0.2, 0.25) is 0 Å². The van der Waals surface area contributed by atoms with Crippen LogP contribution >= 0.6 is 11.6 Å². The number of hydrogen-bond donors (Lipinski definition) is 0. The Morgan fingerprint density at radius 2 is 2.00 bits per heavy atom. The van der Waals surface area contributed by atoms with E-state index in [2.05, 4.69) is 4.98 Å². The van der Waals surface area contributed by atoms with E-state index in [1.807, 2.05) is 27.7 Å². The van der Waals surface area contributed by atoms with Gasteiger partial charge in [0.1, 0.15) is 5.60 Å². The lowest BCUT2D eigenvalue weighted by Crippen LogP contribution is -2.44. The van der Waals surface area contributed by atoms with Crippen LogP contribution in [0.2, 0.25) is 5.02 Å². The number of rotatable bonds is 5. The van der Waals surface area contributed by atoms with Crippen LogP contribution in [0.5, 0.6) is 17.4 Å². The Balaban J connectivity index is 1.65. The number of amides is 1. The molecule has 31 heavy (non-hydrogen) atoms. The topological polar surface area (TPSA) is 60.9 Å². The first-order valence-electron chi connectivity index (χ1n) is 10.3. The Morgan fingerprint density at radius 3 is 2.71 bits per heavy atom. The van der Waals surface area contributed by atoms with E-state index in [-0.39, 0.29) is 28.7 Å². The molecular formula is C23H28ClFN2O4. The molecule has 2 aromatic rings. The fourth-order valence-electron chi connectivity index (χ4n) is 3.27. The van der Waals surface area contributed by atoms with Crippen LogP contribution in [0, 0.1) is 18.7 Å². The van der Waals surface area contributed by atoms with Gasteiger partial charge in [-0.2, -0.15) is 0 Å². The van der Waals surface area contributed by atoms with Gasteiger partial charge in [-0.3, -0.25) is 0 Å². The van der Waals surface area contributed by atoms with E-state index >= 15 is 0 Å². The Bertz CT molecular complexity index is 932. The Kier molecular flexibility index (Phi) is 7.26. The number of aromatic nitrogens is 1. The highest BCUT2D eigenvalue weighted by Crippen LogP contribution is 2.33. The molecule has 1 aromatic heterocycles.